The molecule has 1 rings (SSSR count). The number of likely N-dealkylation sites (N-methyl/N-ethyl adjacent to an activating group) is 1. The first-order chi connectivity index (χ1) is 3.60. The van der Waals surface area contributed by atoms with E-state index in [1.165, 1.54) is 0 Å². The van der Waals surface area contributed by atoms with Crippen LogP contribution in [0.2, 0.25) is 0 Å². The van der Waals surface area contributed by atoms with E-state index in [0.29, 0.717) is 0 Å². The predicted molar refractivity (Wildman–Crippen MR) is 34.1 cm³/mol. The molecule has 0 N–H and O–H groups in total. The molecule has 1 aliphatic heterocycles. The molecule has 0 aromatic heterocycles. The van der Waals surface area contributed by atoms with E-state index in [1.54, 1.807) is 0 Å². The van der Waals surface area contributed by atoms with Crippen LogP contribution in [-0.2, 0) is 0 Å². The summed E-state index contributed by atoms with van der Waals surface area (Å²) in [6.45, 7) is 5.19. The van der Waals surface area contributed by atoms with Crippen LogP contribution >= 0.6 is 0 Å². The summed E-state index contributed by atoms with van der Waals surface area (Å²) < 4.78 is 0. The number of rotatable bonds is 0. The third kappa shape index (κ3) is 0.997. The van der Waals surface area contributed by atoms with Gasteiger partial charge in [-0.2, -0.15) is 0 Å². The van der Waals surface area contributed by atoms with Crippen molar-refractivity contribution in [1.29, 1.82) is 0 Å². The van der Waals surface area contributed by atoms with Crippen molar-refractivity contribution in [2.75, 3.05) is 13.6 Å². The van der Waals surface area contributed by atoms with Gasteiger partial charge in [-0.15, -0.1) is 0 Å². The van der Waals surface area contributed by atoms with Crippen LogP contribution in [-0.4, -0.2) is 30.4 Å². The molecule has 0 spiro atoms. The lowest BCUT2D eigenvalue weighted by Crippen LogP contribution is -2.25. The second kappa shape index (κ2) is 1.47. The van der Waals surface area contributed by atoms with E-state index in [9.17, 15) is 0 Å². The fourth-order valence-electron chi connectivity index (χ4n) is 0.872. The third-order valence-corrected chi connectivity index (χ3v) is 1.15. The molecule has 0 atom stereocenters. The summed E-state index contributed by atoms with van der Waals surface area (Å²) in [5, 5.41) is 0. The van der Waals surface area contributed by atoms with Crippen molar-refractivity contribution in [1.82, 2.24) is 4.90 Å². The molecular weight excluding hydrogens is 100 g/mol. The van der Waals surface area contributed by atoms with Gasteiger partial charge in [0, 0.05) is 13.6 Å². The maximum Gasteiger partial charge on any atom is 0.167 e. The zero-order valence-electron chi connectivity index (χ0n) is 5.60. The fourth-order valence-corrected chi connectivity index (χ4v) is 0.872. The molecule has 1 radical (unpaired) electrons. The van der Waals surface area contributed by atoms with Crippen molar-refractivity contribution in [3.05, 3.63) is 0 Å². The van der Waals surface area contributed by atoms with Crippen LogP contribution in [0.3, 0.4) is 0 Å². The summed E-state index contributed by atoms with van der Waals surface area (Å²) in [4.78, 5) is 6.10. The molecule has 0 aliphatic carbocycles. The van der Waals surface area contributed by atoms with Crippen molar-refractivity contribution in [3.63, 3.8) is 0 Å². The lowest BCUT2D eigenvalue weighted by atomic mass is 10.1. The molecule has 0 unspecified atom stereocenters. The van der Waals surface area contributed by atoms with E-state index >= 15 is 0 Å². The van der Waals surface area contributed by atoms with Gasteiger partial charge in [-0.3, -0.25) is 4.99 Å². The average Bonchev–Trinajstić information content (AvgIpc) is 1.82. The smallest absolute Gasteiger partial charge is 0.167 e. The molecule has 0 saturated heterocycles. The Morgan fingerprint density at radius 3 is 2.38 bits per heavy atom. The third-order valence-electron chi connectivity index (χ3n) is 1.15. The maximum absolute atomic E-state index is 4.12. The lowest BCUT2D eigenvalue weighted by molar-refractivity contribution is 0.429. The Bertz CT molecular complexity index is 116. The van der Waals surface area contributed by atoms with E-state index in [2.05, 4.69) is 25.2 Å². The average molecular weight is 111 g/mol. The normalized spacial score (nSPS) is 24.6. The second-order valence-corrected chi connectivity index (χ2v) is 2.88. The van der Waals surface area contributed by atoms with Gasteiger partial charge in [0.1, 0.15) is 0 Å². The zero-order chi connectivity index (χ0) is 6.20. The summed E-state index contributed by atoms with van der Waals surface area (Å²) in [5.41, 5.74) is 0.106. The Morgan fingerprint density at radius 2 is 2.25 bits per heavy atom. The molecule has 0 bridgehead atoms. The molecule has 0 saturated carbocycles. The Morgan fingerprint density at radius 1 is 1.62 bits per heavy atom. The van der Waals surface area contributed by atoms with E-state index in [4.69, 9.17) is 0 Å². The topological polar surface area (TPSA) is 15.6 Å². The molecule has 45 valence electrons. The largest absolute Gasteiger partial charge is 0.354 e. The van der Waals surface area contributed by atoms with Crippen LogP contribution in [0.5, 0.6) is 0 Å². The standard InChI is InChI=1S/C6H11N2/c1-6(2)4-8(3)5-7-6/h4H2,1-3H3. The first kappa shape index (κ1) is 5.60. The van der Waals surface area contributed by atoms with E-state index in [0.717, 1.165) is 6.54 Å². The molecule has 0 fully saturated rings. The van der Waals surface area contributed by atoms with E-state index in [1.807, 2.05) is 11.9 Å². The molecule has 0 aromatic rings. The van der Waals surface area contributed by atoms with Gasteiger partial charge in [0.2, 0.25) is 0 Å². The molecule has 1 aliphatic rings. The molecule has 1 heterocycles. The Labute approximate surface area is 50.2 Å². The van der Waals surface area contributed by atoms with Gasteiger partial charge in [0.05, 0.1) is 5.54 Å². The molecule has 8 heavy (non-hydrogen) atoms. The number of nitrogens with zero attached hydrogens (tertiary/aromatic N) is 2. The van der Waals surface area contributed by atoms with Gasteiger partial charge >= 0.3 is 0 Å². The predicted octanol–water partition coefficient (Wildman–Crippen LogP) is 0.616. The summed E-state index contributed by atoms with van der Waals surface area (Å²) in [6.07, 6.45) is 2.87. The summed E-state index contributed by atoms with van der Waals surface area (Å²) in [6, 6.07) is 0. The van der Waals surface area contributed by atoms with Gasteiger partial charge in [0.15, 0.2) is 6.34 Å². The summed E-state index contributed by atoms with van der Waals surface area (Å²) in [5.74, 6) is 0. The highest BCUT2D eigenvalue weighted by Gasteiger charge is 2.22. The quantitative estimate of drug-likeness (QED) is 0.447. The monoisotopic (exact) mass is 111 g/mol. The van der Waals surface area contributed by atoms with Crippen molar-refractivity contribution in [2.24, 2.45) is 4.99 Å². The minimum absolute atomic E-state index is 0.106. The molecule has 2 nitrogen and oxygen atoms in total. The maximum atomic E-state index is 4.12. The van der Waals surface area contributed by atoms with Gasteiger partial charge < -0.3 is 4.90 Å². The number of aliphatic imine (C=N–C) groups is 1. The number of hydrogen-bond donors (Lipinski definition) is 0. The Hall–Kier alpha value is -0.530. The Kier molecular flexibility index (Phi) is 1.03. The highest BCUT2D eigenvalue weighted by molar-refractivity contribution is 5.58. The first-order valence-corrected chi connectivity index (χ1v) is 2.79. The van der Waals surface area contributed by atoms with Crippen molar-refractivity contribution in [3.8, 4) is 0 Å². The van der Waals surface area contributed by atoms with Crippen LogP contribution in [0, 0.1) is 0 Å². The SMILES string of the molecule is CN1[C]=NC(C)(C)C1. The van der Waals surface area contributed by atoms with Gasteiger partial charge in [-0.1, -0.05) is 0 Å². The minimum Gasteiger partial charge on any atom is -0.354 e. The van der Waals surface area contributed by atoms with Crippen LogP contribution in [0.15, 0.2) is 4.99 Å². The summed E-state index contributed by atoms with van der Waals surface area (Å²) in [7, 11) is 1.98. The fraction of sp³-hybridized carbons (Fsp3) is 0.833. The van der Waals surface area contributed by atoms with Gasteiger partial charge in [0.25, 0.3) is 0 Å². The first-order valence-electron chi connectivity index (χ1n) is 2.79. The molecular formula is C6H11N2. The highest BCUT2D eigenvalue weighted by atomic mass is 15.2. The zero-order valence-corrected chi connectivity index (χ0v) is 5.60. The highest BCUT2D eigenvalue weighted by Crippen LogP contribution is 2.13. The van der Waals surface area contributed by atoms with E-state index in [-0.39, 0.29) is 5.54 Å². The molecule has 2 heteroatoms. The summed E-state index contributed by atoms with van der Waals surface area (Å²) >= 11 is 0. The molecule has 0 amide bonds. The van der Waals surface area contributed by atoms with Crippen molar-refractivity contribution in [2.45, 2.75) is 19.4 Å². The lowest BCUT2D eigenvalue weighted by Gasteiger charge is -2.14. The van der Waals surface area contributed by atoms with Crippen LogP contribution in [0.1, 0.15) is 13.8 Å². The van der Waals surface area contributed by atoms with Crippen LogP contribution < -0.4 is 0 Å². The molecule has 0 aromatic carbocycles. The van der Waals surface area contributed by atoms with Crippen molar-refractivity contribution >= 4 is 6.34 Å². The van der Waals surface area contributed by atoms with E-state index < -0.39 is 0 Å². The Balaban J connectivity index is 2.58. The van der Waals surface area contributed by atoms with Gasteiger partial charge in [-0.25, -0.2) is 0 Å². The van der Waals surface area contributed by atoms with Crippen LogP contribution in [0.4, 0.5) is 0 Å². The van der Waals surface area contributed by atoms with Crippen LogP contribution in [0.25, 0.3) is 0 Å². The number of hydrogen-bond acceptors (Lipinski definition) is 2. The van der Waals surface area contributed by atoms with Crippen molar-refractivity contribution < 1.29 is 0 Å². The second-order valence-electron chi connectivity index (χ2n) is 2.88. The minimum atomic E-state index is 0.106. The van der Waals surface area contributed by atoms with Gasteiger partial charge in [-0.05, 0) is 13.8 Å².